The standard InChI is InChI=1S/C35H46N4O3/c1-34(2,36)17-10-14-29(40)21-27(20-28-23-37-31-16-9-8-15-30(28)31)33(42)39-19-11-18-35(25-39,32(41)24-38(3)4)22-26-12-6-5-7-13-26/h5-10,12-16,23,27,37H,11,17-22,24-25,36H2,1-4H3/b14-10+/t27-,35+/m0/s1. The van der Waals surface area contributed by atoms with Crippen LogP contribution in [0.5, 0.6) is 0 Å². The Morgan fingerprint density at radius 1 is 1.10 bits per heavy atom. The van der Waals surface area contributed by atoms with Gasteiger partial charge < -0.3 is 20.5 Å². The van der Waals surface area contributed by atoms with Gasteiger partial charge in [0, 0.05) is 48.1 Å². The maximum Gasteiger partial charge on any atom is 0.226 e. The first kappa shape index (κ1) is 31.4. The molecule has 3 aromatic rings. The van der Waals surface area contributed by atoms with E-state index in [2.05, 4.69) is 17.1 Å². The molecule has 1 amide bonds. The summed E-state index contributed by atoms with van der Waals surface area (Å²) >= 11 is 0. The molecule has 1 fully saturated rings. The third-order valence-corrected chi connectivity index (χ3v) is 8.21. The first-order valence-electron chi connectivity index (χ1n) is 15.0. The second-order valence-electron chi connectivity index (χ2n) is 13.0. The molecule has 2 heterocycles. The van der Waals surface area contributed by atoms with Crippen molar-refractivity contribution >= 4 is 28.4 Å². The molecule has 1 aliphatic rings. The SMILES string of the molecule is CN(C)CC(=O)[C@@]1(Cc2ccccc2)CCCN(C(=O)[C@H](CC(=O)/C=C/CC(C)(C)N)Cc2c[nH]c3ccccc23)C1. The van der Waals surface area contributed by atoms with Gasteiger partial charge in [-0.3, -0.25) is 14.4 Å². The summed E-state index contributed by atoms with van der Waals surface area (Å²) in [5, 5.41) is 1.06. The maximum absolute atomic E-state index is 14.3. The summed E-state index contributed by atoms with van der Waals surface area (Å²) in [6.45, 7) is 5.11. The molecule has 1 aromatic heterocycles. The van der Waals surface area contributed by atoms with Crippen molar-refractivity contribution < 1.29 is 14.4 Å². The number of piperidine rings is 1. The highest BCUT2D eigenvalue weighted by atomic mass is 16.2. The molecule has 224 valence electrons. The smallest absolute Gasteiger partial charge is 0.226 e. The number of para-hydroxylation sites is 1. The summed E-state index contributed by atoms with van der Waals surface area (Å²) in [6, 6.07) is 18.1. The number of likely N-dealkylation sites (N-methyl/N-ethyl adjacent to an activating group) is 1. The van der Waals surface area contributed by atoms with Crippen molar-refractivity contribution in [1.29, 1.82) is 0 Å². The van der Waals surface area contributed by atoms with Crippen LogP contribution in [0.3, 0.4) is 0 Å². The highest BCUT2D eigenvalue weighted by Gasteiger charge is 2.44. The van der Waals surface area contributed by atoms with Gasteiger partial charge in [0.05, 0.1) is 12.0 Å². The molecule has 2 aromatic carbocycles. The molecule has 7 nitrogen and oxygen atoms in total. The summed E-state index contributed by atoms with van der Waals surface area (Å²) in [7, 11) is 3.81. The number of rotatable bonds is 13. The van der Waals surface area contributed by atoms with E-state index >= 15 is 0 Å². The number of benzene rings is 2. The van der Waals surface area contributed by atoms with Crippen molar-refractivity contribution in [3.05, 3.63) is 84.1 Å². The van der Waals surface area contributed by atoms with Crippen molar-refractivity contribution in [1.82, 2.24) is 14.8 Å². The van der Waals surface area contributed by atoms with Gasteiger partial charge >= 0.3 is 0 Å². The van der Waals surface area contributed by atoms with Gasteiger partial charge in [-0.1, -0.05) is 54.6 Å². The monoisotopic (exact) mass is 570 g/mol. The number of hydrogen-bond acceptors (Lipinski definition) is 5. The minimum Gasteiger partial charge on any atom is -0.361 e. The van der Waals surface area contributed by atoms with Crippen LogP contribution < -0.4 is 5.73 Å². The average Bonchev–Trinajstić information content (AvgIpc) is 3.34. The average molecular weight is 571 g/mol. The van der Waals surface area contributed by atoms with Gasteiger partial charge in [-0.2, -0.15) is 0 Å². The van der Waals surface area contributed by atoms with E-state index in [1.54, 1.807) is 12.2 Å². The van der Waals surface area contributed by atoms with E-state index < -0.39 is 16.9 Å². The number of amides is 1. The number of fused-ring (bicyclic) bond motifs is 1. The predicted octanol–water partition coefficient (Wildman–Crippen LogP) is 4.95. The van der Waals surface area contributed by atoms with Crippen LogP contribution in [0.15, 0.2) is 72.9 Å². The molecule has 0 aliphatic carbocycles. The number of nitrogens with zero attached hydrogens (tertiary/aromatic N) is 2. The second-order valence-corrected chi connectivity index (χ2v) is 13.0. The van der Waals surface area contributed by atoms with Crippen molar-refractivity contribution in [2.75, 3.05) is 33.7 Å². The van der Waals surface area contributed by atoms with Gasteiger partial charge in [0.2, 0.25) is 5.91 Å². The van der Waals surface area contributed by atoms with E-state index in [4.69, 9.17) is 5.73 Å². The largest absolute Gasteiger partial charge is 0.361 e. The molecule has 2 atom stereocenters. The summed E-state index contributed by atoms with van der Waals surface area (Å²) in [5.74, 6) is -0.529. The Kier molecular flexibility index (Phi) is 10.2. The lowest BCUT2D eigenvalue weighted by molar-refractivity contribution is -0.144. The van der Waals surface area contributed by atoms with Crippen LogP contribution in [0.2, 0.25) is 0 Å². The van der Waals surface area contributed by atoms with E-state index in [-0.39, 0.29) is 23.9 Å². The van der Waals surface area contributed by atoms with Gasteiger partial charge in [-0.05, 0) is 83.3 Å². The lowest BCUT2D eigenvalue weighted by Crippen LogP contribution is -2.54. The van der Waals surface area contributed by atoms with E-state index in [0.717, 1.165) is 34.9 Å². The van der Waals surface area contributed by atoms with E-state index in [1.165, 1.54) is 0 Å². The molecule has 0 unspecified atom stereocenters. The molecule has 3 N–H and O–H groups in total. The molecule has 0 bridgehead atoms. The van der Waals surface area contributed by atoms with Crippen LogP contribution in [0.25, 0.3) is 10.9 Å². The van der Waals surface area contributed by atoms with Crippen LogP contribution in [0, 0.1) is 11.3 Å². The van der Waals surface area contributed by atoms with Gasteiger partial charge in [-0.25, -0.2) is 0 Å². The Labute approximate surface area is 250 Å². The predicted molar refractivity (Wildman–Crippen MR) is 169 cm³/mol. The van der Waals surface area contributed by atoms with Crippen LogP contribution in [-0.4, -0.2) is 71.5 Å². The third-order valence-electron chi connectivity index (χ3n) is 8.21. The van der Waals surface area contributed by atoms with Crippen LogP contribution in [-0.2, 0) is 27.2 Å². The fourth-order valence-corrected chi connectivity index (χ4v) is 6.11. The number of aromatic nitrogens is 1. The number of Topliss-reactive ketones (excluding diaryl/α,β-unsaturated/α-hetero) is 1. The number of allylic oxidation sites excluding steroid dienone is 1. The first-order valence-corrected chi connectivity index (χ1v) is 15.0. The molecule has 0 saturated carbocycles. The van der Waals surface area contributed by atoms with Gasteiger partial charge in [-0.15, -0.1) is 0 Å². The Balaban J connectivity index is 1.61. The van der Waals surface area contributed by atoms with Crippen molar-refractivity contribution in [2.45, 2.75) is 57.9 Å². The number of likely N-dealkylation sites (tertiary alicyclic amines) is 1. The fraction of sp³-hybridized carbons (Fsp3) is 0.457. The highest BCUT2D eigenvalue weighted by molar-refractivity contribution is 5.94. The van der Waals surface area contributed by atoms with Gasteiger partial charge in [0.15, 0.2) is 11.6 Å². The Morgan fingerprint density at radius 2 is 1.81 bits per heavy atom. The van der Waals surface area contributed by atoms with Crippen LogP contribution >= 0.6 is 0 Å². The normalized spacial score (nSPS) is 18.6. The molecule has 0 radical (unpaired) electrons. The lowest BCUT2D eigenvalue weighted by Gasteiger charge is -2.43. The minimum absolute atomic E-state index is 0.0593. The lowest BCUT2D eigenvalue weighted by atomic mass is 9.71. The number of nitrogens with two attached hydrogens (primary N) is 1. The van der Waals surface area contributed by atoms with Crippen LogP contribution in [0.4, 0.5) is 0 Å². The maximum atomic E-state index is 14.3. The number of carbonyl (C=O) groups excluding carboxylic acids is 3. The van der Waals surface area contributed by atoms with Gasteiger partial charge in [0.25, 0.3) is 0 Å². The molecule has 1 aliphatic heterocycles. The highest BCUT2D eigenvalue weighted by Crippen LogP contribution is 2.36. The zero-order chi connectivity index (χ0) is 30.3. The first-order chi connectivity index (χ1) is 20.0. The molecule has 0 spiro atoms. The summed E-state index contributed by atoms with van der Waals surface area (Å²) in [6.07, 6.45) is 8.52. The molecule has 1 saturated heterocycles. The number of hydrogen-bond donors (Lipinski definition) is 2. The Morgan fingerprint density at radius 3 is 2.52 bits per heavy atom. The topological polar surface area (TPSA) is 99.5 Å². The van der Waals surface area contributed by atoms with Gasteiger partial charge in [0.1, 0.15) is 0 Å². The number of ketones is 2. The summed E-state index contributed by atoms with van der Waals surface area (Å²) in [5.41, 5.74) is 8.13. The third kappa shape index (κ3) is 8.26. The van der Waals surface area contributed by atoms with E-state index in [9.17, 15) is 14.4 Å². The summed E-state index contributed by atoms with van der Waals surface area (Å²) in [4.78, 5) is 48.3. The molecule has 7 heteroatoms. The Hall–Kier alpha value is -3.55. The number of nitrogens with one attached hydrogen (secondary N) is 1. The zero-order valence-corrected chi connectivity index (χ0v) is 25.6. The Bertz CT molecular complexity index is 1400. The van der Waals surface area contributed by atoms with Crippen LogP contribution in [0.1, 0.15) is 50.7 Å². The number of aromatic amines is 1. The number of H-pyrrole nitrogens is 1. The minimum atomic E-state index is -0.665. The summed E-state index contributed by atoms with van der Waals surface area (Å²) < 4.78 is 0. The van der Waals surface area contributed by atoms with Crippen molar-refractivity contribution in [3.8, 4) is 0 Å². The molecular weight excluding hydrogens is 524 g/mol. The van der Waals surface area contributed by atoms with Crippen molar-refractivity contribution in [3.63, 3.8) is 0 Å². The van der Waals surface area contributed by atoms with Crippen molar-refractivity contribution in [2.24, 2.45) is 17.1 Å². The molecule has 4 rings (SSSR count). The second kappa shape index (κ2) is 13.6. The van der Waals surface area contributed by atoms with E-state index in [0.29, 0.717) is 38.9 Å². The van der Waals surface area contributed by atoms with E-state index in [1.807, 2.05) is 86.4 Å². The molecule has 42 heavy (non-hydrogen) atoms. The quantitative estimate of drug-likeness (QED) is 0.283. The zero-order valence-electron chi connectivity index (χ0n) is 25.6. The molecular formula is C35H46N4O3. The fourth-order valence-electron chi connectivity index (χ4n) is 6.11. The number of carbonyl (C=O) groups is 3.